The second-order valence-electron chi connectivity index (χ2n) is 4.51. The van der Waals surface area contributed by atoms with Gasteiger partial charge in [0, 0.05) is 11.4 Å². The Morgan fingerprint density at radius 2 is 2.10 bits per heavy atom. The zero-order valence-electron chi connectivity index (χ0n) is 11.3. The Morgan fingerprint density at radius 3 is 2.70 bits per heavy atom. The Hall–Kier alpha value is -1.20. The highest BCUT2D eigenvalue weighted by Gasteiger charge is 2.19. The smallest absolute Gasteiger partial charge is 0.257 e. The van der Waals surface area contributed by atoms with E-state index in [2.05, 4.69) is 15.9 Å². The predicted molar refractivity (Wildman–Crippen MR) is 83.6 cm³/mol. The van der Waals surface area contributed by atoms with Crippen LogP contribution in [0, 0.1) is 12.7 Å². The summed E-state index contributed by atoms with van der Waals surface area (Å²) >= 11 is 4.98. The highest BCUT2D eigenvalue weighted by molar-refractivity contribution is 9.11. The molecule has 0 radical (unpaired) electrons. The number of amides is 1. The minimum absolute atomic E-state index is 0.141. The first-order valence-corrected chi connectivity index (χ1v) is 7.92. The lowest BCUT2D eigenvalue weighted by molar-refractivity contribution is 0.0749. The van der Waals surface area contributed by atoms with Crippen LogP contribution in [0.2, 0.25) is 0 Å². The molecule has 0 atom stereocenters. The van der Waals surface area contributed by atoms with Gasteiger partial charge in [-0.25, -0.2) is 4.39 Å². The van der Waals surface area contributed by atoms with Crippen LogP contribution in [0.4, 0.5) is 4.39 Å². The third-order valence-electron chi connectivity index (χ3n) is 3.00. The maximum absolute atomic E-state index is 13.8. The van der Waals surface area contributed by atoms with Crippen LogP contribution in [0.25, 0.3) is 0 Å². The fraction of sp³-hybridized carbons (Fsp3) is 0.267. The van der Waals surface area contributed by atoms with Crippen LogP contribution >= 0.6 is 27.3 Å². The summed E-state index contributed by atoms with van der Waals surface area (Å²) in [5.74, 6) is -0.732. The molecule has 20 heavy (non-hydrogen) atoms. The number of hydrogen-bond acceptors (Lipinski definition) is 2. The number of nitrogens with zero attached hydrogens (tertiary/aromatic N) is 1. The van der Waals surface area contributed by atoms with Gasteiger partial charge in [0.1, 0.15) is 5.82 Å². The van der Waals surface area contributed by atoms with Crippen molar-refractivity contribution in [2.75, 3.05) is 6.54 Å². The SMILES string of the molecule is CCN(Cc1ccc(Br)s1)C(=O)c1cc(C)ccc1F. The minimum Gasteiger partial charge on any atom is -0.334 e. The lowest BCUT2D eigenvalue weighted by Crippen LogP contribution is -2.30. The van der Waals surface area contributed by atoms with Crippen molar-refractivity contribution in [3.05, 3.63) is 55.9 Å². The van der Waals surface area contributed by atoms with Gasteiger partial charge in [-0.1, -0.05) is 11.6 Å². The van der Waals surface area contributed by atoms with E-state index in [1.54, 1.807) is 28.4 Å². The average Bonchev–Trinajstić information content (AvgIpc) is 2.83. The van der Waals surface area contributed by atoms with Gasteiger partial charge in [0.2, 0.25) is 0 Å². The highest BCUT2D eigenvalue weighted by Crippen LogP contribution is 2.24. The lowest BCUT2D eigenvalue weighted by atomic mass is 10.1. The van der Waals surface area contributed by atoms with Gasteiger partial charge in [0.05, 0.1) is 15.9 Å². The summed E-state index contributed by atoms with van der Waals surface area (Å²) in [4.78, 5) is 15.2. The van der Waals surface area contributed by atoms with E-state index >= 15 is 0 Å². The molecule has 106 valence electrons. The number of rotatable bonds is 4. The predicted octanol–water partition coefficient (Wildman–Crippen LogP) is 4.62. The lowest BCUT2D eigenvalue weighted by Gasteiger charge is -2.20. The Bertz CT molecular complexity index is 626. The van der Waals surface area contributed by atoms with E-state index in [1.807, 2.05) is 26.0 Å². The van der Waals surface area contributed by atoms with Crippen molar-refractivity contribution in [2.45, 2.75) is 20.4 Å². The van der Waals surface area contributed by atoms with Gasteiger partial charge in [-0.05, 0) is 54.0 Å². The molecule has 1 amide bonds. The third-order valence-corrected chi connectivity index (χ3v) is 4.61. The molecule has 2 aromatic rings. The maximum atomic E-state index is 13.8. The molecule has 0 aliphatic carbocycles. The molecule has 0 saturated carbocycles. The van der Waals surface area contributed by atoms with Crippen molar-refractivity contribution >= 4 is 33.2 Å². The first kappa shape index (κ1) is 15.2. The van der Waals surface area contributed by atoms with Gasteiger partial charge in [0.15, 0.2) is 0 Å². The van der Waals surface area contributed by atoms with Crippen LogP contribution in [-0.4, -0.2) is 17.4 Å². The van der Waals surface area contributed by atoms with E-state index in [0.29, 0.717) is 13.1 Å². The molecule has 0 bridgehead atoms. The van der Waals surface area contributed by atoms with Crippen LogP contribution in [0.1, 0.15) is 27.7 Å². The molecule has 1 heterocycles. The number of carbonyl (C=O) groups excluding carboxylic acids is 1. The number of aryl methyl sites for hydroxylation is 1. The van der Waals surface area contributed by atoms with Gasteiger partial charge in [-0.15, -0.1) is 11.3 Å². The molecule has 0 saturated heterocycles. The fourth-order valence-electron chi connectivity index (χ4n) is 1.93. The van der Waals surface area contributed by atoms with E-state index in [0.717, 1.165) is 14.2 Å². The Labute approximate surface area is 130 Å². The number of thiophene rings is 1. The van der Waals surface area contributed by atoms with Crippen molar-refractivity contribution in [2.24, 2.45) is 0 Å². The molecule has 2 rings (SSSR count). The highest BCUT2D eigenvalue weighted by atomic mass is 79.9. The van der Waals surface area contributed by atoms with E-state index in [1.165, 1.54) is 6.07 Å². The van der Waals surface area contributed by atoms with Crippen molar-refractivity contribution in [3.8, 4) is 0 Å². The summed E-state index contributed by atoms with van der Waals surface area (Å²) < 4.78 is 14.8. The van der Waals surface area contributed by atoms with Crippen molar-refractivity contribution in [1.82, 2.24) is 4.90 Å². The molecule has 2 nitrogen and oxygen atoms in total. The largest absolute Gasteiger partial charge is 0.334 e. The fourth-order valence-corrected chi connectivity index (χ4v) is 3.42. The van der Waals surface area contributed by atoms with Gasteiger partial charge >= 0.3 is 0 Å². The van der Waals surface area contributed by atoms with E-state index in [4.69, 9.17) is 0 Å². The summed E-state index contributed by atoms with van der Waals surface area (Å²) in [6.07, 6.45) is 0. The molecule has 0 aliphatic rings. The quantitative estimate of drug-likeness (QED) is 0.783. The number of hydrogen-bond donors (Lipinski definition) is 0. The summed E-state index contributed by atoms with van der Waals surface area (Å²) in [6, 6.07) is 8.53. The minimum atomic E-state index is -0.466. The monoisotopic (exact) mass is 355 g/mol. The van der Waals surface area contributed by atoms with Crippen molar-refractivity contribution in [3.63, 3.8) is 0 Å². The van der Waals surface area contributed by atoms with Crippen molar-refractivity contribution in [1.29, 1.82) is 0 Å². The van der Waals surface area contributed by atoms with Crippen LogP contribution in [0.3, 0.4) is 0 Å². The summed E-state index contributed by atoms with van der Waals surface area (Å²) in [5, 5.41) is 0. The second-order valence-corrected chi connectivity index (χ2v) is 7.06. The van der Waals surface area contributed by atoms with Gasteiger partial charge in [0.25, 0.3) is 5.91 Å². The number of carbonyl (C=O) groups is 1. The van der Waals surface area contributed by atoms with Crippen LogP contribution in [0.15, 0.2) is 34.1 Å². The first-order valence-electron chi connectivity index (χ1n) is 6.31. The molecule has 1 aromatic heterocycles. The molecule has 0 unspecified atom stereocenters. The number of benzene rings is 1. The van der Waals surface area contributed by atoms with Crippen molar-refractivity contribution < 1.29 is 9.18 Å². The van der Waals surface area contributed by atoms with Crippen LogP contribution in [-0.2, 0) is 6.54 Å². The zero-order valence-corrected chi connectivity index (χ0v) is 13.7. The normalized spacial score (nSPS) is 10.6. The maximum Gasteiger partial charge on any atom is 0.257 e. The molecule has 5 heteroatoms. The van der Waals surface area contributed by atoms with E-state index < -0.39 is 5.82 Å². The van der Waals surface area contributed by atoms with E-state index in [-0.39, 0.29) is 11.5 Å². The standard InChI is InChI=1S/C15H15BrFNOS/c1-3-18(9-11-5-7-14(16)20-11)15(19)12-8-10(2)4-6-13(12)17/h4-8H,3,9H2,1-2H3. The Morgan fingerprint density at radius 1 is 1.35 bits per heavy atom. The summed E-state index contributed by atoms with van der Waals surface area (Å²) in [5.41, 5.74) is 1.02. The Kier molecular flexibility index (Phi) is 4.94. The Balaban J connectivity index is 2.22. The molecular weight excluding hydrogens is 341 g/mol. The van der Waals surface area contributed by atoms with Gasteiger partial charge < -0.3 is 4.90 Å². The summed E-state index contributed by atoms with van der Waals surface area (Å²) in [6.45, 7) is 4.79. The van der Waals surface area contributed by atoms with Gasteiger partial charge in [-0.3, -0.25) is 4.79 Å². The van der Waals surface area contributed by atoms with Gasteiger partial charge in [-0.2, -0.15) is 0 Å². The summed E-state index contributed by atoms with van der Waals surface area (Å²) in [7, 11) is 0. The van der Waals surface area contributed by atoms with Crippen LogP contribution < -0.4 is 0 Å². The topological polar surface area (TPSA) is 20.3 Å². The van der Waals surface area contributed by atoms with Crippen LogP contribution in [0.5, 0.6) is 0 Å². The molecule has 0 N–H and O–H groups in total. The number of halogens is 2. The molecule has 0 aliphatic heterocycles. The third kappa shape index (κ3) is 3.46. The second kappa shape index (κ2) is 6.50. The average molecular weight is 356 g/mol. The van der Waals surface area contributed by atoms with E-state index in [9.17, 15) is 9.18 Å². The molecule has 0 fully saturated rings. The molecule has 1 aromatic carbocycles. The zero-order chi connectivity index (χ0) is 14.7. The molecule has 0 spiro atoms. The molecular formula is C15H15BrFNOS. The first-order chi connectivity index (χ1) is 9.51.